The number of rotatable bonds is 3. The number of methoxy groups -OCH3 is 1. The number of carbonyl (C=O) groups excluding carboxylic acids is 1. The Morgan fingerprint density at radius 2 is 1.95 bits per heavy atom. The third kappa shape index (κ3) is 2.83. The van der Waals surface area contributed by atoms with Crippen LogP contribution < -0.4 is 10.5 Å². The van der Waals surface area contributed by atoms with E-state index in [1.165, 1.54) is 19.3 Å². The van der Waals surface area contributed by atoms with Crippen molar-refractivity contribution in [3.63, 3.8) is 0 Å². The largest absolute Gasteiger partial charge is 0.495 e. The van der Waals surface area contributed by atoms with E-state index in [4.69, 9.17) is 10.5 Å². The van der Waals surface area contributed by atoms with Gasteiger partial charge in [-0.3, -0.25) is 9.69 Å². The second-order valence-corrected chi connectivity index (χ2v) is 5.87. The van der Waals surface area contributed by atoms with E-state index in [9.17, 15) is 4.79 Å². The summed E-state index contributed by atoms with van der Waals surface area (Å²) in [6.45, 7) is 3.59. The van der Waals surface area contributed by atoms with Crippen LogP contribution in [-0.2, 0) is 0 Å². The van der Waals surface area contributed by atoms with Gasteiger partial charge in [0.15, 0.2) is 0 Å². The lowest BCUT2D eigenvalue weighted by Gasteiger charge is -2.42. The predicted molar refractivity (Wildman–Crippen MR) is 82.5 cm³/mol. The summed E-state index contributed by atoms with van der Waals surface area (Å²) >= 11 is 0. The summed E-state index contributed by atoms with van der Waals surface area (Å²) in [5.74, 6) is 0.635. The lowest BCUT2D eigenvalue weighted by molar-refractivity contribution is 0.0455. The molecule has 0 radical (unpaired) electrons. The minimum absolute atomic E-state index is 0.0709. The second-order valence-electron chi connectivity index (χ2n) is 5.87. The number of benzene rings is 1. The molecule has 1 aliphatic carbocycles. The molecule has 0 unspecified atom stereocenters. The van der Waals surface area contributed by atoms with Gasteiger partial charge in [0.2, 0.25) is 0 Å². The smallest absolute Gasteiger partial charge is 0.254 e. The zero-order chi connectivity index (χ0) is 14.8. The molecular weight excluding hydrogens is 266 g/mol. The second kappa shape index (κ2) is 5.93. The molecule has 0 bridgehead atoms. The number of amides is 1. The van der Waals surface area contributed by atoms with E-state index in [2.05, 4.69) is 4.90 Å². The van der Waals surface area contributed by atoms with E-state index in [0.29, 0.717) is 17.0 Å². The van der Waals surface area contributed by atoms with E-state index in [1.54, 1.807) is 25.3 Å². The Labute approximate surface area is 125 Å². The molecule has 0 aromatic heterocycles. The Bertz CT molecular complexity index is 520. The minimum atomic E-state index is 0.0709. The van der Waals surface area contributed by atoms with E-state index in [0.717, 1.165) is 32.2 Å². The van der Waals surface area contributed by atoms with Crippen LogP contribution in [0.25, 0.3) is 0 Å². The molecule has 114 valence electrons. The Hall–Kier alpha value is -1.75. The van der Waals surface area contributed by atoms with Crippen LogP contribution in [0.2, 0.25) is 0 Å². The minimum Gasteiger partial charge on any atom is -0.495 e. The molecule has 1 saturated heterocycles. The normalized spacial score (nSPS) is 20.1. The van der Waals surface area contributed by atoms with Crippen molar-refractivity contribution in [3.8, 4) is 5.75 Å². The SMILES string of the molecule is COc1cc(C(=O)N2CCN(C3CCC3)CC2)ccc1N. The summed E-state index contributed by atoms with van der Waals surface area (Å²) in [5, 5.41) is 0. The van der Waals surface area contributed by atoms with Gasteiger partial charge in [-0.15, -0.1) is 0 Å². The van der Waals surface area contributed by atoms with Gasteiger partial charge >= 0.3 is 0 Å². The molecule has 2 fully saturated rings. The summed E-state index contributed by atoms with van der Waals surface area (Å²) in [7, 11) is 1.57. The van der Waals surface area contributed by atoms with Crippen molar-refractivity contribution in [2.45, 2.75) is 25.3 Å². The third-order valence-corrected chi connectivity index (χ3v) is 4.67. The van der Waals surface area contributed by atoms with Crippen LogP contribution in [0.1, 0.15) is 29.6 Å². The molecule has 1 saturated carbocycles. The molecule has 1 aromatic rings. The van der Waals surface area contributed by atoms with Gasteiger partial charge in [-0.2, -0.15) is 0 Å². The van der Waals surface area contributed by atoms with Gasteiger partial charge in [0.05, 0.1) is 12.8 Å². The lowest BCUT2D eigenvalue weighted by atomic mass is 9.91. The summed E-state index contributed by atoms with van der Waals surface area (Å²) in [5.41, 5.74) is 7.01. The van der Waals surface area contributed by atoms with Gasteiger partial charge in [-0.25, -0.2) is 0 Å². The van der Waals surface area contributed by atoms with Crippen LogP contribution in [0.5, 0.6) is 5.75 Å². The van der Waals surface area contributed by atoms with Crippen LogP contribution in [0.4, 0.5) is 5.69 Å². The van der Waals surface area contributed by atoms with Crippen molar-refractivity contribution >= 4 is 11.6 Å². The Balaban J connectivity index is 1.63. The first-order valence-electron chi connectivity index (χ1n) is 7.66. The van der Waals surface area contributed by atoms with Crippen molar-refractivity contribution in [1.29, 1.82) is 0 Å². The van der Waals surface area contributed by atoms with Crippen molar-refractivity contribution in [3.05, 3.63) is 23.8 Å². The quantitative estimate of drug-likeness (QED) is 0.859. The number of nitrogens with zero attached hydrogens (tertiary/aromatic N) is 2. The Morgan fingerprint density at radius 3 is 2.52 bits per heavy atom. The van der Waals surface area contributed by atoms with Crippen LogP contribution >= 0.6 is 0 Å². The zero-order valence-electron chi connectivity index (χ0n) is 12.5. The summed E-state index contributed by atoms with van der Waals surface area (Å²) in [4.78, 5) is 17.0. The van der Waals surface area contributed by atoms with Gasteiger partial charge < -0.3 is 15.4 Å². The number of hydrogen-bond donors (Lipinski definition) is 1. The fourth-order valence-corrected chi connectivity index (χ4v) is 3.07. The van der Waals surface area contributed by atoms with Gasteiger partial charge in [0.25, 0.3) is 5.91 Å². The molecule has 1 amide bonds. The van der Waals surface area contributed by atoms with Gasteiger partial charge in [-0.1, -0.05) is 6.42 Å². The molecule has 5 heteroatoms. The van der Waals surface area contributed by atoms with Crippen molar-refractivity contribution in [2.24, 2.45) is 0 Å². The molecule has 1 aromatic carbocycles. The molecule has 1 heterocycles. The fourth-order valence-electron chi connectivity index (χ4n) is 3.07. The zero-order valence-corrected chi connectivity index (χ0v) is 12.5. The van der Waals surface area contributed by atoms with Crippen LogP contribution in [-0.4, -0.2) is 55.0 Å². The highest BCUT2D eigenvalue weighted by Crippen LogP contribution is 2.26. The third-order valence-electron chi connectivity index (χ3n) is 4.67. The molecule has 21 heavy (non-hydrogen) atoms. The standard InChI is InChI=1S/C16H23N3O2/c1-21-15-11-12(5-6-14(15)17)16(20)19-9-7-18(8-10-19)13-3-2-4-13/h5-6,11,13H,2-4,7-10,17H2,1H3. The fraction of sp³-hybridized carbons (Fsp3) is 0.562. The van der Waals surface area contributed by atoms with Crippen molar-refractivity contribution in [1.82, 2.24) is 9.80 Å². The number of ether oxygens (including phenoxy) is 1. The maximum atomic E-state index is 12.6. The van der Waals surface area contributed by atoms with Crippen LogP contribution in [0.15, 0.2) is 18.2 Å². The summed E-state index contributed by atoms with van der Waals surface area (Å²) < 4.78 is 5.19. The number of carbonyl (C=O) groups is 1. The van der Waals surface area contributed by atoms with Crippen molar-refractivity contribution in [2.75, 3.05) is 39.0 Å². The number of nitrogen functional groups attached to an aromatic ring is 1. The first-order chi connectivity index (χ1) is 10.2. The van der Waals surface area contributed by atoms with Gasteiger partial charge in [0.1, 0.15) is 5.75 Å². The highest BCUT2D eigenvalue weighted by Gasteiger charge is 2.29. The first-order valence-corrected chi connectivity index (χ1v) is 7.66. The summed E-state index contributed by atoms with van der Waals surface area (Å²) in [6, 6.07) is 6.00. The molecule has 3 rings (SSSR count). The monoisotopic (exact) mass is 289 g/mol. The predicted octanol–water partition coefficient (Wildman–Crippen LogP) is 1.59. The molecule has 2 aliphatic rings. The Morgan fingerprint density at radius 1 is 1.24 bits per heavy atom. The number of anilines is 1. The molecule has 0 atom stereocenters. The number of nitrogens with two attached hydrogens (primary N) is 1. The number of piperazine rings is 1. The van der Waals surface area contributed by atoms with E-state index in [-0.39, 0.29) is 5.91 Å². The molecular formula is C16H23N3O2. The van der Waals surface area contributed by atoms with Gasteiger partial charge in [0, 0.05) is 37.8 Å². The van der Waals surface area contributed by atoms with Crippen LogP contribution in [0, 0.1) is 0 Å². The number of hydrogen-bond acceptors (Lipinski definition) is 4. The molecule has 2 N–H and O–H groups in total. The van der Waals surface area contributed by atoms with E-state index in [1.807, 2.05) is 4.90 Å². The first kappa shape index (κ1) is 14.2. The Kier molecular flexibility index (Phi) is 4.01. The van der Waals surface area contributed by atoms with Gasteiger partial charge in [-0.05, 0) is 31.0 Å². The average molecular weight is 289 g/mol. The maximum absolute atomic E-state index is 12.6. The summed E-state index contributed by atoms with van der Waals surface area (Å²) in [6.07, 6.45) is 4.00. The molecule has 5 nitrogen and oxygen atoms in total. The lowest BCUT2D eigenvalue weighted by Crippen LogP contribution is -2.53. The molecule has 0 spiro atoms. The highest BCUT2D eigenvalue weighted by atomic mass is 16.5. The molecule has 1 aliphatic heterocycles. The topological polar surface area (TPSA) is 58.8 Å². The van der Waals surface area contributed by atoms with E-state index >= 15 is 0 Å². The van der Waals surface area contributed by atoms with E-state index < -0.39 is 0 Å². The average Bonchev–Trinajstić information content (AvgIpc) is 2.46. The highest BCUT2D eigenvalue weighted by molar-refractivity contribution is 5.95. The maximum Gasteiger partial charge on any atom is 0.254 e. The van der Waals surface area contributed by atoms with Crippen molar-refractivity contribution < 1.29 is 9.53 Å². The van der Waals surface area contributed by atoms with Crippen LogP contribution in [0.3, 0.4) is 0 Å².